The number of nitrogens with zero attached hydrogens (tertiary/aromatic N) is 1. The Morgan fingerprint density at radius 1 is 1.32 bits per heavy atom. The van der Waals surface area contributed by atoms with E-state index >= 15 is 0 Å². The summed E-state index contributed by atoms with van der Waals surface area (Å²) in [6, 6.07) is 7.00. The number of ether oxygens (including phenoxy) is 1. The third kappa shape index (κ3) is 3.10. The molecule has 106 valence electrons. The molecule has 0 spiro atoms. The molecule has 19 heavy (non-hydrogen) atoms. The first-order valence-electron chi connectivity index (χ1n) is 7.33. The molecule has 1 fully saturated rings. The summed E-state index contributed by atoms with van der Waals surface area (Å²) < 4.78 is 5.41. The van der Waals surface area contributed by atoms with Crippen molar-refractivity contribution >= 4 is 0 Å². The average molecular weight is 262 g/mol. The number of benzene rings is 1. The van der Waals surface area contributed by atoms with Gasteiger partial charge in [-0.15, -0.1) is 0 Å². The second-order valence-electron chi connectivity index (χ2n) is 5.47. The van der Waals surface area contributed by atoms with Gasteiger partial charge in [0.1, 0.15) is 5.75 Å². The van der Waals surface area contributed by atoms with Crippen LogP contribution in [-0.4, -0.2) is 31.1 Å². The number of aryl methyl sites for hydroxylation is 1. The lowest BCUT2D eigenvalue weighted by molar-refractivity contribution is 0.219. The Hall–Kier alpha value is -1.06. The van der Waals surface area contributed by atoms with E-state index in [9.17, 15) is 0 Å². The Kier molecular flexibility index (Phi) is 4.83. The predicted molar refractivity (Wildman–Crippen MR) is 79.6 cm³/mol. The summed E-state index contributed by atoms with van der Waals surface area (Å²) >= 11 is 0. The molecule has 2 unspecified atom stereocenters. The van der Waals surface area contributed by atoms with E-state index in [4.69, 9.17) is 10.5 Å². The fourth-order valence-electron chi connectivity index (χ4n) is 3.13. The zero-order valence-electron chi connectivity index (χ0n) is 12.4. The van der Waals surface area contributed by atoms with Crippen LogP contribution < -0.4 is 10.5 Å². The normalized spacial score (nSPS) is 19.4. The van der Waals surface area contributed by atoms with Gasteiger partial charge in [0.25, 0.3) is 0 Å². The average Bonchev–Trinajstić information content (AvgIpc) is 2.92. The first-order valence-corrected chi connectivity index (χ1v) is 7.33. The Balaban J connectivity index is 2.30. The van der Waals surface area contributed by atoms with Crippen LogP contribution in [0.15, 0.2) is 18.2 Å². The van der Waals surface area contributed by atoms with E-state index in [1.54, 1.807) is 7.11 Å². The summed E-state index contributed by atoms with van der Waals surface area (Å²) in [6.45, 7) is 6.61. The van der Waals surface area contributed by atoms with Gasteiger partial charge in [-0.1, -0.05) is 19.1 Å². The molecule has 1 aliphatic rings. The summed E-state index contributed by atoms with van der Waals surface area (Å²) in [4.78, 5) is 2.52. The molecule has 1 heterocycles. The molecule has 2 N–H and O–H groups in total. The Morgan fingerprint density at radius 3 is 2.53 bits per heavy atom. The molecule has 0 saturated carbocycles. The SMILES string of the molecule is CCc1cc(C(C(C)N)N2CCCC2)ccc1OC. The highest BCUT2D eigenvalue weighted by molar-refractivity contribution is 5.39. The van der Waals surface area contributed by atoms with E-state index in [-0.39, 0.29) is 6.04 Å². The number of hydrogen-bond donors (Lipinski definition) is 1. The van der Waals surface area contributed by atoms with Gasteiger partial charge in [-0.2, -0.15) is 0 Å². The molecule has 0 aliphatic carbocycles. The molecule has 1 aliphatic heterocycles. The van der Waals surface area contributed by atoms with Crippen molar-refractivity contribution in [2.24, 2.45) is 5.73 Å². The fourth-order valence-corrected chi connectivity index (χ4v) is 3.13. The largest absolute Gasteiger partial charge is 0.496 e. The fraction of sp³-hybridized carbons (Fsp3) is 0.625. The molecule has 1 saturated heterocycles. The van der Waals surface area contributed by atoms with E-state index < -0.39 is 0 Å². The van der Waals surface area contributed by atoms with Gasteiger partial charge in [0.05, 0.1) is 7.11 Å². The van der Waals surface area contributed by atoms with Crippen molar-refractivity contribution in [3.05, 3.63) is 29.3 Å². The number of nitrogens with two attached hydrogens (primary N) is 1. The van der Waals surface area contributed by atoms with Crippen LogP contribution in [0, 0.1) is 0 Å². The zero-order chi connectivity index (χ0) is 13.8. The van der Waals surface area contributed by atoms with Crippen molar-refractivity contribution < 1.29 is 4.74 Å². The molecular formula is C16H26N2O. The van der Waals surface area contributed by atoms with Crippen LogP contribution in [0.3, 0.4) is 0 Å². The number of rotatable bonds is 5. The highest BCUT2D eigenvalue weighted by Crippen LogP contribution is 2.30. The Bertz CT molecular complexity index is 411. The van der Waals surface area contributed by atoms with E-state index in [1.807, 2.05) is 0 Å². The highest BCUT2D eigenvalue weighted by atomic mass is 16.5. The van der Waals surface area contributed by atoms with Crippen LogP contribution >= 0.6 is 0 Å². The lowest BCUT2D eigenvalue weighted by Gasteiger charge is -2.31. The molecular weight excluding hydrogens is 236 g/mol. The molecule has 1 aromatic carbocycles. The number of likely N-dealkylation sites (tertiary alicyclic amines) is 1. The second kappa shape index (κ2) is 6.40. The van der Waals surface area contributed by atoms with E-state index in [2.05, 4.69) is 36.9 Å². The maximum absolute atomic E-state index is 6.24. The molecule has 3 heteroatoms. The molecule has 0 radical (unpaired) electrons. The summed E-state index contributed by atoms with van der Waals surface area (Å²) in [5.41, 5.74) is 8.83. The lowest BCUT2D eigenvalue weighted by Crippen LogP contribution is -2.37. The highest BCUT2D eigenvalue weighted by Gasteiger charge is 2.26. The monoisotopic (exact) mass is 262 g/mol. The molecule has 0 aromatic heterocycles. The van der Waals surface area contributed by atoms with Gasteiger partial charge < -0.3 is 10.5 Å². The third-order valence-corrected chi connectivity index (χ3v) is 4.06. The predicted octanol–water partition coefficient (Wildman–Crippen LogP) is 2.74. The van der Waals surface area contributed by atoms with E-state index in [0.717, 1.165) is 12.2 Å². The van der Waals surface area contributed by atoms with Crippen LogP contribution in [0.2, 0.25) is 0 Å². The van der Waals surface area contributed by atoms with Crippen LogP contribution in [0.1, 0.15) is 43.9 Å². The van der Waals surface area contributed by atoms with E-state index in [1.165, 1.54) is 37.1 Å². The topological polar surface area (TPSA) is 38.5 Å². The molecule has 0 bridgehead atoms. The van der Waals surface area contributed by atoms with E-state index in [0.29, 0.717) is 6.04 Å². The molecule has 2 rings (SSSR count). The molecule has 1 aromatic rings. The minimum Gasteiger partial charge on any atom is -0.496 e. The van der Waals surface area contributed by atoms with Gasteiger partial charge in [-0.25, -0.2) is 0 Å². The van der Waals surface area contributed by atoms with Crippen LogP contribution in [0.4, 0.5) is 0 Å². The lowest BCUT2D eigenvalue weighted by atomic mass is 9.96. The van der Waals surface area contributed by atoms with Crippen molar-refractivity contribution in [3.8, 4) is 5.75 Å². The van der Waals surface area contributed by atoms with Crippen LogP contribution in [0.25, 0.3) is 0 Å². The third-order valence-electron chi connectivity index (χ3n) is 4.06. The van der Waals surface area contributed by atoms with Crippen molar-refractivity contribution in [3.63, 3.8) is 0 Å². The van der Waals surface area contributed by atoms with Gasteiger partial charge in [-0.3, -0.25) is 4.90 Å². The smallest absolute Gasteiger partial charge is 0.122 e. The molecule has 2 atom stereocenters. The molecule has 3 nitrogen and oxygen atoms in total. The quantitative estimate of drug-likeness (QED) is 0.886. The maximum atomic E-state index is 6.24. The Morgan fingerprint density at radius 2 is 2.00 bits per heavy atom. The summed E-state index contributed by atoms with van der Waals surface area (Å²) in [7, 11) is 1.73. The Labute approximate surface area is 116 Å². The standard InChI is InChI=1S/C16H26N2O/c1-4-13-11-14(7-8-15(13)19-3)16(12(2)17)18-9-5-6-10-18/h7-8,11-12,16H,4-6,9-10,17H2,1-3H3. The summed E-state index contributed by atoms with van der Waals surface area (Å²) in [5, 5.41) is 0. The number of hydrogen-bond acceptors (Lipinski definition) is 3. The maximum Gasteiger partial charge on any atom is 0.122 e. The minimum atomic E-state index is 0.149. The van der Waals surface area contributed by atoms with Crippen LogP contribution in [-0.2, 0) is 6.42 Å². The number of methoxy groups -OCH3 is 1. The summed E-state index contributed by atoms with van der Waals surface area (Å²) in [6.07, 6.45) is 3.57. The second-order valence-corrected chi connectivity index (χ2v) is 5.47. The minimum absolute atomic E-state index is 0.149. The van der Waals surface area contributed by atoms with Crippen molar-refractivity contribution in [2.75, 3.05) is 20.2 Å². The first kappa shape index (κ1) is 14.4. The van der Waals surface area contributed by atoms with Gasteiger partial charge in [0, 0.05) is 12.1 Å². The zero-order valence-corrected chi connectivity index (χ0v) is 12.4. The van der Waals surface area contributed by atoms with Crippen molar-refractivity contribution in [1.82, 2.24) is 4.90 Å². The van der Waals surface area contributed by atoms with Crippen molar-refractivity contribution in [2.45, 2.75) is 45.2 Å². The molecule has 0 amide bonds. The van der Waals surface area contributed by atoms with Gasteiger partial charge in [0.2, 0.25) is 0 Å². The first-order chi connectivity index (χ1) is 9.17. The van der Waals surface area contributed by atoms with Gasteiger partial charge in [-0.05, 0) is 56.5 Å². The van der Waals surface area contributed by atoms with Crippen molar-refractivity contribution in [1.29, 1.82) is 0 Å². The summed E-state index contributed by atoms with van der Waals surface area (Å²) in [5.74, 6) is 0.982. The van der Waals surface area contributed by atoms with Gasteiger partial charge >= 0.3 is 0 Å². The van der Waals surface area contributed by atoms with Crippen LogP contribution in [0.5, 0.6) is 5.75 Å². The van der Waals surface area contributed by atoms with Gasteiger partial charge in [0.15, 0.2) is 0 Å².